The molecule has 2 heteroatoms. The van der Waals surface area contributed by atoms with E-state index >= 15 is 0 Å². The lowest BCUT2D eigenvalue weighted by atomic mass is 10.1. The summed E-state index contributed by atoms with van der Waals surface area (Å²) in [5.74, 6) is 0.113. The van der Waals surface area contributed by atoms with Crippen LogP contribution in [0.5, 0.6) is 0 Å². The van der Waals surface area contributed by atoms with Gasteiger partial charge in [-0.25, -0.2) is 0 Å². The predicted octanol–water partition coefficient (Wildman–Crippen LogP) is 5.21. The average Bonchev–Trinajstić information content (AvgIpc) is 2.40. The van der Waals surface area contributed by atoms with Crippen molar-refractivity contribution in [2.45, 2.75) is 54.9 Å². The van der Waals surface area contributed by atoms with E-state index in [1.54, 1.807) is 0 Å². The highest BCUT2D eigenvalue weighted by Crippen LogP contribution is 2.23. The topological polar surface area (TPSA) is 20.3 Å². The van der Waals surface area contributed by atoms with Crippen LogP contribution in [0.2, 0.25) is 0 Å². The summed E-state index contributed by atoms with van der Waals surface area (Å²) in [5.41, 5.74) is 3.15. The lowest BCUT2D eigenvalue weighted by molar-refractivity contribution is -0.130. The molecule has 0 N–H and O–H groups in total. The van der Waals surface area contributed by atoms with Gasteiger partial charge in [0.1, 0.15) is 0 Å². The molecular weight excluding hydrogens is 246 g/mol. The third-order valence-electron chi connectivity index (χ3n) is 3.01. The first-order chi connectivity index (χ1) is 9.40. The van der Waals surface area contributed by atoms with Crippen LogP contribution in [0.15, 0.2) is 47.3 Å². The van der Waals surface area contributed by atoms with Gasteiger partial charge in [-0.05, 0) is 40.2 Å². The number of carbonyl (C=O) groups is 1. The highest BCUT2D eigenvalue weighted by atomic mass is 16.2. The van der Waals surface area contributed by atoms with Crippen molar-refractivity contribution in [3.63, 3.8) is 0 Å². The lowest BCUT2D eigenvalue weighted by Gasteiger charge is -2.29. The smallest absolute Gasteiger partial charge is 0.233 e. The average molecular weight is 275 g/mol. The number of nitrogens with zero attached hydrogens (tertiary/aromatic N) is 1. The molecule has 0 aromatic rings. The Morgan fingerprint density at radius 1 is 1.15 bits per heavy atom. The van der Waals surface area contributed by atoms with E-state index in [2.05, 4.69) is 6.92 Å². The van der Waals surface area contributed by atoms with E-state index in [4.69, 9.17) is 0 Å². The fourth-order valence-electron chi connectivity index (χ4n) is 1.89. The molecule has 0 unspecified atom stereocenters. The van der Waals surface area contributed by atoms with Crippen molar-refractivity contribution in [3.05, 3.63) is 47.3 Å². The van der Waals surface area contributed by atoms with Crippen molar-refractivity contribution in [2.24, 2.45) is 5.92 Å². The monoisotopic (exact) mass is 275 g/mol. The van der Waals surface area contributed by atoms with Crippen molar-refractivity contribution in [1.82, 2.24) is 4.90 Å². The predicted molar refractivity (Wildman–Crippen MR) is 88.1 cm³/mol. The number of carbonyl (C=O) groups excluding carboxylic acids is 1. The molecule has 0 aliphatic carbocycles. The van der Waals surface area contributed by atoms with Crippen LogP contribution in [0.25, 0.3) is 0 Å². The number of hydrogen-bond acceptors (Lipinski definition) is 1. The van der Waals surface area contributed by atoms with E-state index in [9.17, 15) is 4.79 Å². The largest absolute Gasteiger partial charge is 0.285 e. The first-order valence-electron chi connectivity index (χ1n) is 7.36. The van der Waals surface area contributed by atoms with Crippen molar-refractivity contribution in [2.75, 3.05) is 0 Å². The molecule has 1 amide bonds. The van der Waals surface area contributed by atoms with Crippen molar-refractivity contribution >= 4 is 5.91 Å². The molecular formula is C18H29NO. The molecule has 0 atom stereocenters. The summed E-state index contributed by atoms with van der Waals surface area (Å²) in [6, 6.07) is 0. The maximum atomic E-state index is 12.6. The van der Waals surface area contributed by atoms with Crippen molar-refractivity contribution in [1.29, 1.82) is 0 Å². The van der Waals surface area contributed by atoms with Gasteiger partial charge in [0.15, 0.2) is 0 Å². The van der Waals surface area contributed by atoms with E-state index in [1.165, 1.54) is 0 Å². The minimum Gasteiger partial charge on any atom is -0.285 e. The standard InChI is InChI=1S/C18H29NO/c1-8-11-12-13-17(14(4)5)19(16(9-2)10-3)18(20)15(6)7/h8-9,11-13,15H,10H2,1-7H3/b11-8-,13-12-,16-9+. The highest BCUT2D eigenvalue weighted by Gasteiger charge is 2.22. The van der Waals surface area contributed by atoms with E-state index < -0.39 is 0 Å². The molecule has 0 heterocycles. The minimum absolute atomic E-state index is 0.0269. The molecule has 0 radical (unpaired) electrons. The van der Waals surface area contributed by atoms with Gasteiger partial charge in [0.2, 0.25) is 5.91 Å². The van der Waals surface area contributed by atoms with Gasteiger partial charge in [0, 0.05) is 17.3 Å². The fourth-order valence-corrected chi connectivity index (χ4v) is 1.89. The second-order valence-electron chi connectivity index (χ2n) is 5.23. The van der Waals surface area contributed by atoms with Gasteiger partial charge in [0.25, 0.3) is 0 Å². The molecule has 0 fully saturated rings. The molecule has 20 heavy (non-hydrogen) atoms. The van der Waals surface area contributed by atoms with Gasteiger partial charge in [-0.15, -0.1) is 0 Å². The van der Waals surface area contributed by atoms with Crippen LogP contribution < -0.4 is 0 Å². The summed E-state index contributed by atoms with van der Waals surface area (Å²) in [4.78, 5) is 14.4. The van der Waals surface area contributed by atoms with Crippen LogP contribution in [-0.2, 0) is 4.79 Å². The van der Waals surface area contributed by atoms with Gasteiger partial charge in [-0.1, -0.05) is 50.6 Å². The molecule has 0 aliphatic heterocycles. The first-order valence-corrected chi connectivity index (χ1v) is 7.36. The fraction of sp³-hybridized carbons (Fsp3) is 0.500. The number of hydrogen-bond donors (Lipinski definition) is 0. The zero-order valence-electron chi connectivity index (χ0n) is 14.0. The molecule has 0 saturated heterocycles. The molecule has 112 valence electrons. The van der Waals surface area contributed by atoms with Crippen LogP contribution in [0.4, 0.5) is 0 Å². The molecule has 2 nitrogen and oxygen atoms in total. The Bertz CT molecular complexity index is 432. The Morgan fingerprint density at radius 2 is 1.75 bits per heavy atom. The van der Waals surface area contributed by atoms with Crippen molar-refractivity contribution in [3.8, 4) is 0 Å². The summed E-state index contributed by atoms with van der Waals surface area (Å²) in [7, 11) is 0. The van der Waals surface area contributed by atoms with Gasteiger partial charge in [-0.3, -0.25) is 9.69 Å². The molecule has 0 spiro atoms. The Kier molecular flexibility index (Phi) is 8.62. The molecule has 0 bridgehead atoms. The summed E-state index contributed by atoms with van der Waals surface area (Å²) in [5, 5.41) is 0. The molecule has 0 aromatic heterocycles. The van der Waals surface area contributed by atoms with Crippen LogP contribution >= 0.6 is 0 Å². The summed E-state index contributed by atoms with van der Waals surface area (Å²) in [6.07, 6.45) is 10.8. The van der Waals surface area contributed by atoms with E-state index in [0.717, 1.165) is 23.4 Å². The van der Waals surface area contributed by atoms with Crippen LogP contribution in [-0.4, -0.2) is 10.8 Å². The van der Waals surface area contributed by atoms with Crippen LogP contribution in [0.3, 0.4) is 0 Å². The Morgan fingerprint density at radius 3 is 2.10 bits per heavy atom. The summed E-state index contributed by atoms with van der Waals surface area (Å²) in [6.45, 7) is 14.0. The minimum atomic E-state index is -0.0269. The van der Waals surface area contributed by atoms with Crippen molar-refractivity contribution < 1.29 is 4.79 Å². The first kappa shape index (κ1) is 18.4. The number of amides is 1. The van der Waals surface area contributed by atoms with Crippen LogP contribution in [0.1, 0.15) is 54.9 Å². The zero-order valence-corrected chi connectivity index (χ0v) is 14.0. The number of rotatable bonds is 6. The van der Waals surface area contributed by atoms with E-state index in [0.29, 0.717) is 0 Å². The summed E-state index contributed by atoms with van der Waals surface area (Å²) < 4.78 is 0. The second-order valence-corrected chi connectivity index (χ2v) is 5.23. The van der Waals surface area contributed by atoms with E-state index in [-0.39, 0.29) is 11.8 Å². The Balaban J connectivity index is 5.81. The third-order valence-corrected chi connectivity index (χ3v) is 3.01. The SMILES string of the molecule is C/C=C\C=C/C(=C(C)C)N(C(=O)C(C)C)/C(=C/C)CC. The third kappa shape index (κ3) is 5.20. The normalized spacial score (nSPS) is 12.5. The Hall–Kier alpha value is -1.57. The zero-order chi connectivity index (χ0) is 15.7. The van der Waals surface area contributed by atoms with E-state index in [1.807, 2.05) is 76.8 Å². The number of allylic oxidation sites excluding steroid dienone is 7. The Labute approximate surface area is 124 Å². The molecule has 0 aliphatic rings. The second kappa shape index (κ2) is 9.35. The summed E-state index contributed by atoms with van der Waals surface area (Å²) >= 11 is 0. The lowest BCUT2D eigenvalue weighted by Crippen LogP contribution is -2.33. The molecule has 0 rings (SSSR count). The van der Waals surface area contributed by atoms with Gasteiger partial charge >= 0.3 is 0 Å². The highest BCUT2D eigenvalue weighted by molar-refractivity contribution is 5.82. The maximum Gasteiger partial charge on any atom is 0.233 e. The van der Waals surface area contributed by atoms with Gasteiger partial charge < -0.3 is 0 Å². The quantitative estimate of drug-likeness (QED) is 0.609. The van der Waals surface area contributed by atoms with Gasteiger partial charge in [0.05, 0.1) is 0 Å². The molecule has 0 aromatic carbocycles. The van der Waals surface area contributed by atoms with Gasteiger partial charge in [-0.2, -0.15) is 0 Å². The maximum absolute atomic E-state index is 12.6. The molecule has 0 saturated carbocycles. The van der Waals surface area contributed by atoms with Crippen LogP contribution in [0, 0.1) is 5.92 Å².